The summed E-state index contributed by atoms with van der Waals surface area (Å²) in [5, 5.41) is 7.14. The molecule has 1 aromatic heterocycles. The lowest BCUT2D eigenvalue weighted by atomic mass is 10.0. The van der Waals surface area contributed by atoms with Gasteiger partial charge in [-0.2, -0.15) is 5.10 Å². The molecule has 1 aromatic carbocycles. The second-order valence-corrected chi connectivity index (χ2v) is 6.47. The van der Waals surface area contributed by atoms with Crippen LogP contribution in [-0.4, -0.2) is 41.0 Å². The largest absolute Gasteiger partial charge is 0.454 e. The van der Waals surface area contributed by atoms with Crippen LogP contribution in [0.3, 0.4) is 0 Å². The van der Waals surface area contributed by atoms with Gasteiger partial charge >= 0.3 is 0 Å². The van der Waals surface area contributed by atoms with Crippen molar-refractivity contribution in [2.24, 2.45) is 7.05 Å². The van der Waals surface area contributed by atoms with Gasteiger partial charge in [-0.1, -0.05) is 6.07 Å². The van der Waals surface area contributed by atoms with Crippen LogP contribution in [0.15, 0.2) is 24.3 Å². The molecule has 2 aliphatic heterocycles. The molecule has 1 saturated heterocycles. The minimum Gasteiger partial charge on any atom is -0.454 e. The van der Waals surface area contributed by atoms with Crippen molar-refractivity contribution in [3.8, 4) is 11.5 Å². The normalized spacial score (nSPS) is 18.9. The van der Waals surface area contributed by atoms with Gasteiger partial charge in [0.2, 0.25) is 6.79 Å². The Morgan fingerprint density at radius 3 is 2.96 bits per heavy atom. The third-order valence-corrected chi connectivity index (χ3v) is 4.64. The van der Waals surface area contributed by atoms with Gasteiger partial charge in [-0.05, 0) is 31.9 Å². The summed E-state index contributed by atoms with van der Waals surface area (Å²) in [4.78, 5) is 27.3. The Morgan fingerprint density at radius 2 is 2.19 bits per heavy atom. The molecule has 0 bridgehead atoms. The van der Waals surface area contributed by atoms with Gasteiger partial charge in [0, 0.05) is 19.7 Å². The molecule has 2 aromatic rings. The molecule has 26 heavy (non-hydrogen) atoms. The second-order valence-electron chi connectivity index (χ2n) is 6.47. The SMILES string of the molecule is Cc1cc(N2CCCC(NC(=O)c3cccc4c3OCO4)C2=O)n(C)n1. The number of anilines is 1. The van der Waals surface area contributed by atoms with E-state index in [-0.39, 0.29) is 18.6 Å². The molecule has 1 N–H and O–H groups in total. The molecule has 1 unspecified atom stereocenters. The number of ether oxygens (including phenoxy) is 2. The van der Waals surface area contributed by atoms with Crippen molar-refractivity contribution in [3.05, 3.63) is 35.5 Å². The van der Waals surface area contributed by atoms with Crippen molar-refractivity contribution < 1.29 is 19.1 Å². The van der Waals surface area contributed by atoms with Gasteiger partial charge in [0.05, 0.1) is 11.3 Å². The van der Waals surface area contributed by atoms with E-state index in [0.29, 0.717) is 30.0 Å². The monoisotopic (exact) mass is 356 g/mol. The van der Waals surface area contributed by atoms with E-state index in [0.717, 1.165) is 17.9 Å². The maximum Gasteiger partial charge on any atom is 0.255 e. The fraction of sp³-hybridized carbons (Fsp3) is 0.389. The van der Waals surface area contributed by atoms with E-state index in [1.54, 1.807) is 27.8 Å². The van der Waals surface area contributed by atoms with Gasteiger partial charge in [0.1, 0.15) is 11.9 Å². The lowest BCUT2D eigenvalue weighted by Gasteiger charge is -2.32. The second kappa shape index (κ2) is 6.36. The minimum atomic E-state index is -0.579. The lowest BCUT2D eigenvalue weighted by Crippen LogP contribution is -2.53. The Balaban J connectivity index is 1.53. The average molecular weight is 356 g/mol. The van der Waals surface area contributed by atoms with Crippen molar-refractivity contribution in [1.29, 1.82) is 0 Å². The molecule has 0 aliphatic carbocycles. The Hall–Kier alpha value is -3.03. The zero-order valence-electron chi connectivity index (χ0n) is 14.7. The molecule has 0 saturated carbocycles. The molecule has 1 fully saturated rings. The minimum absolute atomic E-state index is 0.0929. The van der Waals surface area contributed by atoms with Crippen LogP contribution >= 0.6 is 0 Å². The third-order valence-electron chi connectivity index (χ3n) is 4.64. The first-order valence-corrected chi connectivity index (χ1v) is 8.56. The highest BCUT2D eigenvalue weighted by Gasteiger charge is 2.33. The molecule has 4 rings (SSSR count). The first kappa shape index (κ1) is 16.4. The molecule has 0 spiro atoms. The summed E-state index contributed by atoms with van der Waals surface area (Å²) in [6, 6.07) is 6.44. The topological polar surface area (TPSA) is 85.7 Å². The van der Waals surface area contributed by atoms with Gasteiger partial charge in [-0.25, -0.2) is 0 Å². The van der Waals surface area contributed by atoms with Crippen molar-refractivity contribution >= 4 is 17.6 Å². The molecule has 2 amide bonds. The fourth-order valence-electron chi connectivity index (χ4n) is 3.43. The summed E-state index contributed by atoms with van der Waals surface area (Å²) in [5.41, 5.74) is 1.22. The van der Waals surface area contributed by atoms with Crippen molar-refractivity contribution in [2.75, 3.05) is 18.2 Å². The molecule has 8 nitrogen and oxygen atoms in total. The number of hydrogen-bond donors (Lipinski definition) is 1. The van der Waals surface area contributed by atoms with Crippen LogP contribution in [-0.2, 0) is 11.8 Å². The van der Waals surface area contributed by atoms with Crippen molar-refractivity contribution in [1.82, 2.24) is 15.1 Å². The standard InChI is InChI=1S/C18H20N4O4/c1-11-9-15(21(2)20-11)22-8-4-6-13(18(22)24)19-17(23)12-5-3-7-14-16(12)26-10-25-14/h3,5,7,9,13H,4,6,8,10H2,1-2H3,(H,19,23). The number of aromatic nitrogens is 2. The maximum absolute atomic E-state index is 12.9. The lowest BCUT2D eigenvalue weighted by molar-refractivity contribution is -0.121. The number of piperidine rings is 1. The number of fused-ring (bicyclic) bond motifs is 1. The van der Waals surface area contributed by atoms with Gasteiger partial charge in [-0.3, -0.25) is 19.2 Å². The van der Waals surface area contributed by atoms with Gasteiger partial charge in [0.25, 0.3) is 11.8 Å². The number of rotatable bonds is 3. The number of nitrogens with one attached hydrogen (secondary N) is 1. The molecular formula is C18H20N4O4. The van der Waals surface area contributed by atoms with Gasteiger partial charge in [0.15, 0.2) is 11.5 Å². The highest BCUT2D eigenvalue weighted by atomic mass is 16.7. The van der Waals surface area contributed by atoms with E-state index in [1.807, 2.05) is 20.0 Å². The number of amides is 2. The third kappa shape index (κ3) is 2.77. The van der Waals surface area contributed by atoms with Crippen molar-refractivity contribution in [3.63, 3.8) is 0 Å². The predicted octanol–water partition coefficient (Wildman–Crippen LogP) is 1.38. The number of carbonyl (C=O) groups is 2. The molecule has 1 atom stereocenters. The number of hydrogen-bond acceptors (Lipinski definition) is 5. The van der Waals surface area contributed by atoms with Crippen LogP contribution in [0, 0.1) is 6.92 Å². The van der Waals surface area contributed by atoms with Crippen LogP contribution in [0.5, 0.6) is 11.5 Å². The zero-order valence-corrected chi connectivity index (χ0v) is 14.7. The summed E-state index contributed by atoms with van der Waals surface area (Å²) in [7, 11) is 1.81. The molecule has 3 heterocycles. The van der Waals surface area contributed by atoms with E-state index in [2.05, 4.69) is 10.4 Å². The summed E-state index contributed by atoms with van der Waals surface area (Å²) < 4.78 is 12.4. The van der Waals surface area contributed by atoms with E-state index < -0.39 is 6.04 Å². The average Bonchev–Trinajstić information content (AvgIpc) is 3.22. The first-order valence-electron chi connectivity index (χ1n) is 8.56. The Labute approximate surface area is 150 Å². The molecule has 136 valence electrons. The molecule has 2 aliphatic rings. The van der Waals surface area contributed by atoms with Crippen LogP contribution in [0.1, 0.15) is 28.9 Å². The molecule has 8 heteroatoms. The van der Waals surface area contributed by atoms with E-state index >= 15 is 0 Å². The number of aryl methyl sites for hydroxylation is 2. The van der Waals surface area contributed by atoms with E-state index in [1.165, 1.54) is 0 Å². The fourth-order valence-corrected chi connectivity index (χ4v) is 3.43. The Bertz CT molecular complexity index is 876. The van der Waals surface area contributed by atoms with Crippen LogP contribution in [0.2, 0.25) is 0 Å². The molecular weight excluding hydrogens is 336 g/mol. The van der Waals surface area contributed by atoms with Crippen molar-refractivity contribution in [2.45, 2.75) is 25.8 Å². The summed E-state index contributed by atoms with van der Waals surface area (Å²) in [6.45, 7) is 2.59. The first-order chi connectivity index (χ1) is 12.5. The number of para-hydroxylation sites is 1. The number of carbonyl (C=O) groups excluding carboxylic acids is 2. The smallest absolute Gasteiger partial charge is 0.255 e. The molecule has 0 radical (unpaired) electrons. The van der Waals surface area contributed by atoms with E-state index in [4.69, 9.17) is 9.47 Å². The number of nitrogens with zero attached hydrogens (tertiary/aromatic N) is 3. The summed E-state index contributed by atoms with van der Waals surface area (Å²) >= 11 is 0. The van der Waals surface area contributed by atoms with E-state index in [9.17, 15) is 9.59 Å². The van der Waals surface area contributed by atoms with Gasteiger partial charge < -0.3 is 14.8 Å². The quantitative estimate of drug-likeness (QED) is 0.898. The maximum atomic E-state index is 12.9. The Kier molecular flexibility index (Phi) is 4.02. The van der Waals surface area contributed by atoms with Gasteiger partial charge in [-0.15, -0.1) is 0 Å². The Morgan fingerprint density at radius 1 is 1.35 bits per heavy atom. The highest BCUT2D eigenvalue weighted by Crippen LogP contribution is 2.35. The van der Waals surface area contributed by atoms with Crippen LogP contribution < -0.4 is 19.7 Å². The van der Waals surface area contributed by atoms with Crippen LogP contribution in [0.4, 0.5) is 5.82 Å². The van der Waals surface area contributed by atoms with Crippen LogP contribution in [0.25, 0.3) is 0 Å². The highest BCUT2D eigenvalue weighted by molar-refractivity contribution is 6.04. The summed E-state index contributed by atoms with van der Waals surface area (Å²) in [6.07, 6.45) is 1.40. The number of benzene rings is 1. The summed E-state index contributed by atoms with van der Waals surface area (Å²) in [5.74, 6) is 1.24. The zero-order chi connectivity index (χ0) is 18.3. The predicted molar refractivity (Wildman–Crippen MR) is 93.4 cm³/mol.